The molecule has 1 N–H and O–H groups in total. The second-order valence-corrected chi connectivity index (χ2v) is 2.83. The summed E-state index contributed by atoms with van der Waals surface area (Å²) in [5.74, 6) is 0. The Labute approximate surface area is 81.9 Å². The molecule has 0 radical (unpaired) electrons. The van der Waals surface area contributed by atoms with Crippen LogP contribution in [0.25, 0.3) is 0 Å². The minimum Gasteiger partial charge on any atom is -0.384 e. The third kappa shape index (κ3) is 2.06. The molecule has 0 spiro atoms. The van der Waals surface area contributed by atoms with Crippen molar-refractivity contribution >= 4 is 6.29 Å². The van der Waals surface area contributed by atoms with Gasteiger partial charge in [-0.3, -0.25) is 4.79 Å². The summed E-state index contributed by atoms with van der Waals surface area (Å²) in [7, 11) is 0. The second-order valence-electron chi connectivity index (χ2n) is 2.83. The van der Waals surface area contributed by atoms with E-state index in [4.69, 9.17) is 5.26 Å². The van der Waals surface area contributed by atoms with Crippen molar-refractivity contribution < 1.29 is 9.90 Å². The number of rotatable bonds is 3. The molecule has 0 saturated heterocycles. The fourth-order valence-corrected chi connectivity index (χ4v) is 1.02. The van der Waals surface area contributed by atoms with Gasteiger partial charge in [0.05, 0.1) is 11.6 Å². The molecule has 0 aliphatic carbocycles. The molecule has 0 unspecified atom stereocenters. The quantitative estimate of drug-likeness (QED) is 0.573. The van der Waals surface area contributed by atoms with Crippen LogP contribution in [0.4, 0.5) is 0 Å². The molecule has 1 rings (SSSR count). The number of benzene rings is 1. The van der Waals surface area contributed by atoms with Crippen molar-refractivity contribution in [3.05, 3.63) is 47.5 Å². The first-order valence-electron chi connectivity index (χ1n) is 4.01. The molecule has 0 fully saturated rings. The van der Waals surface area contributed by atoms with Gasteiger partial charge in [-0.2, -0.15) is 5.26 Å². The van der Waals surface area contributed by atoms with Crippen LogP contribution in [0.3, 0.4) is 0 Å². The maximum absolute atomic E-state index is 10.3. The third-order valence-corrected chi connectivity index (χ3v) is 1.86. The SMILES string of the molecule is C=C(C=O)[C@H](O)c1ccc(C#N)cc1. The number of hydrogen-bond acceptors (Lipinski definition) is 3. The highest BCUT2D eigenvalue weighted by Crippen LogP contribution is 2.18. The normalized spacial score (nSPS) is 11.4. The van der Waals surface area contributed by atoms with E-state index in [0.29, 0.717) is 17.4 Å². The zero-order valence-corrected chi connectivity index (χ0v) is 7.47. The zero-order valence-electron chi connectivity index (χ0n) is 7.47. The highest BCUT2D eigenvalue weighted by Gasteiger charge is 2.09. The topological polar surface area (TPSA) is 61.1 Å². The van der Waals surface area contributed by atoms with Gasteiger partial charge in [-0.1, -0.05) is 18.7 Å². The Morgan fingerprint density at radius 2 is 2.07 bits per heavy atom. The first kappa shape index (κ1) is 10.2. The largest absolute Gasteiger partial charge is 0.384 e. The molecule has 0 aromatic heterocycles. The van der Waals surface area contributed by atoms with Gasteiger partial charge < -0.3 is 5.11 Å². The van der Waals surface area contributed by atoms with E-state index in [1.165, 1.54) is 0 Å². The predicted molar refractivity (Wildman–Crippen MR) is 51.3 cm³/mol. The zero-order chi connectivity index (χ0) is 10.6. The molecule has 0 bridgehead atoms. The summed E-state index contributed by atoms with van der Waals surface area (Å²) in [4.78, 5) is 10.3. The summed E-state index contributed by atoms with van der Waals surface area (Å²) >= 11 is 0. The van der Waals surface area contributed by atoms with Gasteiger partial charge in [-0.25, -0.2) is 0 Å². The maximum atomic E-state index is 10.3. The molecule has 0 saturated carbocycles. The van der Waals surface area contributed by atoms with Gasteiger partial charge in [-0.15, -0.1) is 0 Å². The lowest BCUT2D eigenvalue weighted by molar-refractivity contribution is -0.105. The number of nitrogens with zero attached hydrogens (tertiary/aromatic N) is 1. The fraction of sp³-hybridized carbons (Fsp3) is 0.0909. The van der Waals surface area contributed by atoms with E-state index in [0.717, 1.165) is 0 Å². The smallest absolute Gasteiger partial charge is 0.148 e. The molecule has 14 heavy (non-hydrogen) atoms. The summed E-state index contributed by atoms with van der Waals surface area (Å²) in [6.07, 6.45) is -0.469. The van der Waals surface area contributed by atoms with Crippen molar-refractivity contribution in [3.63, 3.8) is 0 Å². The predicted octanol–water partition coefficient (Wildman–Crippen LogP) is 1.35. The van der Waals surface area contributed by atoms with Gasteiger partial charge in [0.25, 0.3) is 0 Å². The van der Waals surface area contributed by atoms with Crippen molar-refractivity contribution in [2.45, 2.75) is 6.10 Å². The average Bonchev–Trinajstić information content (AvgIpc) is 2.27. The fourth-order valence-electron chi connectivity index (χ4n) is 1.02. The van der Waals surface area contributed by atoms with E-state index in [2.05, 4.69) is 6.58 Å². The van der Waals surface area contributed by atoms with Gasteiger partial charge in [0.2, 0.25) is 0 Å². The van der Waals surface area contributed by atoms with Crippen LogP contribution in [0.1, 0.15) is 17.2 Å². The standard InChI is InChI=1S/C11H9NO2/c1-8(7-13)11(14)10-4-2-9(6-12)3-5-10/h2-5,7,11,14H,1H2/t11-/m0/s1. The lowest BCUT2D eigenvalue weighted by Crippen LogP contribution is -2.01. The number of aliphatic hydroxyl groups is 1. The lowest BCUT2D eigenvalue weighted by Gasteiger charge is -2.08. The van der Waals surface area contributed by atoms with E-state index in [1.54, 1.807) is 24.3 Å². The monoisotopic (exact) mass is 187 g/mol. The highest BCUT2D eigenvalue weighted by atomic mass is 16.3. The Bertz CT molecular complexity index is 387. The van der Waals surface area contributed by atoms with E-state index in [9.17, 15) is 9.90 Å². The number of nitriles is 1. The number of aliphatic hydroxyl groups excluding tert-OH is 1. The minimum absolute atomic E-state index is 0.106. The van der Waals surface area contributed by atoms with Crippen molar-refractivity contribution in [1.29, 1.82) is 5.26 Å². The Morgan fingerprint density at radius 1 is 1.50 bits per heavy atom. The molecular formula is C11H9NO2. The molecule has 0 amide bonds. The van der Waals surface area contributed by atoms with Crippen LogP contribution in [-0.4, -0.2) is 11.4 Å². The van der Waals surface area contributed by atoms with E-state index in [-0.39, 0.29) is 5.57 Å². The van der Waals surface area contributed by atoms with Gasteiger partial charge in [0.1, 0.15) is 12.4 Å². The molecule has 1 aromatic carbocycles. The summed E-state index contributed by atoms with van der Waals surface area (Å²) < 4.78 is 0. The average molecular weight is 187 g/mol. The molecule has 1 atom stereocenters. The van der Waals surface area contributed by atoms with Crippen molar-refractivity contribution in [3.8, 4) is 6.07 Å². The minimum atomic E-state index is -0.986. The van der Waals surface area contributed by atoms with Crippen LogP contribution in [0, 0.1) is 11.3 Å². The lowest BCUT2D eigenvalue weighted by atomic mass is 10.0. The van der Waals surface area contributed by atoms with Gasteiger partial charge in [-0.05, 0) is 17.7 Å². The van der Waals surface area contributed by atoms with Crippen molar-refractivity contribution in [2.75, 3.05) is 0 Å². The van der Waals surface area contributed by atoms with Gasteiger partial charge in [0, 0.05) is 5.57 Å². The van der Waals surface area contributed by atoms with Crippen LogP contribution in [0.5, 0.6) is 0 Å². The molecular weight excluding hydrogens is 178 g/mol. The third-order valence-electron chi connectivity index (χ3n) is 1.86. The summed E-state index contributed by atoms with van der Waals surface area (Å²) in [5, 5.41) is 18.1. The Morgan fingerprint density at radius 3 is 2.50 bits per heavy atom. The molecule has 1 aromatic rings. The van der Waals surface area contributed by atoms with Crippen molar-refractivity contribution in [1.82, 2.24) is 0 Å². The molecule has 0 aliphatic heterocycles. The van der Waals surface area contributed by atoms with Crippen LogP contribution in [0.15, 0.2) is 36.4 Å². The van der Waals surface area contributed by atoms with Crippen molar-refractivity contribution in [2.24, 2.45) is 0 Å². The second kappa shape index (κ2) is 4.35. The molecule has 3 nitrogen and oxygen atoms in total. The Hall–Kier alpha value is -1.92. The molecule has 0 aliphatic rings. The van der Waals surface area contributed by atoms with Gasteiger partial charge >= 0.3 is 0 Å². The van der Waals surface area contributed by atoms with Crippen LogP contribution in [0.2, 0.25) is 0 Å². The summed E-state index contributed by atoms with van der Waals surface area (Å²) in [6.45, 7) is 3.41. The Balaban J connectivity index is 2.93. The van der Waals surface area contributed by atoms with Crippen LogP contribution >= 0.6 is 0 Å². The summed E-state index contributed by atoms with van der Waals surface area (Å²) in [5.41, 5.74) is 1.17. The van der Waals surface area contributed by atoms with E-state index < -0.39 is 6.10 Å². The van der Waals surface area contributed by atoms with Crippen LogP contribution < -0.4 is 0 Å². The maximum Gasteiger partial charge on any atom is 0.148 e. The van der Waals surface area contributed by atoms with E-state index in [1.807, 2.05) is 6.07 Å². The number of carbonyl (C=O) groups excluding carboxylic acids is 1. The first-order chi connectivity index (χ1) is 6.69. The van der Waals surface area contributed by atoms with E-state index >= 15 is 0 Å². The number of hydrogen-bond donors (Lipinski definition) is 1. The van der Waals surface area contributed by atoms with Crippen LogP contribution in [-0.2, 0) is 4.79 Å². The molecule has 3 heteroatoms. The number of aldehydes is 1. The highest BCUT2D eigenvalue weighted by molar-refractivity contribution is 5.74. The van der Waals surface area contributed by atoms with Gasteiger partial charge in [0.15, 0.2) is 0 Å². The summed E-state index contributed by atoms with van der Waals surface area (Å²) in [6, 6.07) is 8.31. The first-order valence-corrected chi connectivity index (χ1v) is 4.01. The molecule has 70 valence electrons. The molecule has 0 heterocycles. The number of carbonyl (C=O) groups is 1. The Kier molecular flexibility index (Phi) is 3.16.